The van der Waals surface area contributed by atoms with E-state index in [1.54, 1.807) is 0 Å². The highest BCUT2D eigenvalue weighted by molar-refractivity contribution is 4.85. The molecule has 2 nitrogen and oxygen atoms in total. The quantitative estimate of drug-likeness (QED) is 0.591. The molecule has 0 spiro atoms. The number of ether oxygens (including phenoxy) is 2. The van der Waals surface area contributed by atoms with Gasteiger partial charge in [-0.3, -0.25) is 0 Å². The normalized spacial score (nSPS) is 20.2. The maximum absolute atomic E-state index is 5.47. The molecule has 76 valence electrons. The molecule has 1 aliphatic heterocycles. The molecule has 0 aromatic heterocycles. The minimum Gasteiger partial charge on any atom is -0.501 e. The molecule has 1 rings (SSSR count). The Labute approximate surface area is 80.9 Å². The van der Waals surface area contributed by atoms with Gasteiger partial charge >= 0.3 is 0 Å². The van der Waals surface area contributed by atoms with Gasteiger partial charge in [0, 0.05) is 0 Å². The smallest absolute Gasteiger partial charge is 0.0973 e. The van der Waals surface area contributed by atoms with Gasteiger partial charge in [-0.2, -0.15) is 0 Å². The summed E-state index contributed by atoms with van der Waals surface area (Å²) in [5, 5.41) is 0. The lowest BCUT2D eigenvalue weighted by Gasteiger charge is -2.39. The Bertz CT molecular complexity index is 154. The third kappa shape index (κ3) is 3.03. The molecule has 1 heterocycles. The standard InChI is InChI=1S/C11H20O2/c1-3-5-6-7-12-8-11(4-2)9-13-10-11/h6-7H,3-5,8-10H2,1-2H3. The summed E-state index contributed by atoms with van der Waals surface area (Å²) in [6, 6.07) is 0. The molecule has 13 heavy (non-hydrogen) atoms. The van der Waals surface area contributed by atoms with Gasteiger partial charge in [-0.15, -0.1) is 0 Å². The van der Waals surface area contributed by atoms with Crippen molar-refractivity contribution in [2.24, 2.45) is 5.41 Å². The number of hydrogen-bond acceptors (Lipinski definition) is 2. The monoisotopic (exact) mass is 184 g/mol. The van der Waals surface area contributed by atoms with E-state index in [4.69, 9.17) is 9.47 Å². The van der Waals surface area contributed by atoms with Crippen LogP contribution >= 0.6 is 0 Å². The topological polar surface area (TPSA) is 18.5 Å². The predicted molar refractivity (Wildman–Crippen MR) is 53.5 cm³/mol. The van der Waals surface area contributed by atoms with Crippen molar-refractivity contribution in [3.05, 3.63) is 12.3 Å². The largest absolute Gasteiger partial charge is 0.501 e. The fourth-order valence-electron chi connectivity index (χ4n) is 1.31. The van der Waals surface area contributed by atoms with Crippen molar-refractivity contribution in [1.29, 1.82) is 0 Å². The van der Waals surface area contributed by atoms with E-state index in [2.05, 4.69) is 19.9 Å². The summed E-state index contributed by atoms with van der Waals surface area (Å²) in [5.74, 6) is 0. The zero-order chi connectivity index (χ0) is 9.57. The lowest BCUT2D eigenvalue weighted by molar-refractivity contribution is -0.139. The lowest BCUT2D eigenvalue weighted by atomic mass is 9.84. The summed E-state index contributed by atoms with van der Waals surface area (Å²) in [7, 11) is 0. The van der Waals surface area contributed by atoms with Gasteiger partial charge in [0.2, 0.25) is 0 Å². The van der Waals surface area contributed by atoms with E-state index in [9.17, 15) is 0 Å². The Morgan fingerprint density at radius 3 is 2.62 bits per heavy atom. The van der Waals surface area contributed by atoms with Crippen LogP contribution in [0.5, 0.6) is 0 Å². The first-order valence-electron chi connectivity index (χ1n) is 5.17. The van der Waals surface area contributed by atoms with Crippen LogP contribution in [0, 0.1) is 5.41 Å². The zero-order valence-electron chi connectivity index (χ0n) is 8.71. The van der Waals surface area contributed by atoms with E-state index in [0.717, 1.165) is 32.7 Å². The molecule has 1 saturated heterocycles. The van der Waals surface area contributed by atoms with Crippen molar-refractivity contribution in [2.75, 3.05) is 19.8 Å². The molecule has 0 N–H and O–H groups in total. The van der Waals surface area contributed by atoms with E-state index >= 15 is 0 Å². The molecule has 0 radical (unpaired) electrons. The van der Waals surface area contributed by atoms with Crippen LogP contribution in [0.3, 0.4) is 0 Å². The molecule has 0 atom stereocenters. The summed E-state index contributed by atoms with van der Waals surface area (Å²) in [6.45, 7) is 6.90. The Kier molecular flexibility index (Phi) is 4.29. The van der Waals surface area contributed by atoms with E-state index in [0.29, 0.717) is 5.41 Å². The molecule has 1 fully saturated rings. The zero-order valence-corrected chi connectivity index (χ0v) is 8.71. The van der Waals surface area contributed by atoms with Gasteiger partial charge in [0.1, 0.15) is 0 Å². The SMILES string of the molecule is CCCC=COCC1(CC)COC1. The molecule has 0 aromatic carbocycles. The molecule has 0 bridgehead atoms. The lowest BCUT2D eigenvalue weighted by Crippen LogP contribution is -2.45. The number of unbranched alkanes of at least 4 members (excludes halogenated alkanes) is 1. The third-order valence-corrected chi connectivity index (χ3v) is 2.60. The fraction of sp³-hybridized carbons (Fsp3) is 0.818. The van der Waals surface area contributed by atoms with Crippen LogP contribution in [0.15, 0.2) is 12.3 Å². The highest BCUT2D eigenvalue weighted by atomic mass is 16.5. The average molecular weight is 184 g/mol. The van der Waals surface area contributed by atoms with Gasteiger partial charge in [-0.05, 0) is 18.9 Å². The van der Waals surface area contributed by atoms with Crippen LogP contribution in [-0.2, 0) is 9.47 Å². The first-order chi connectivity index (χ1) is 6.33. The first-order valence-corrected chi connectivity index (χ1v) is 5.17. The second-order valence-corrected chi connectivity index (χ2v) is 3.82. The molecule has 0 amide bonds. The van der Waals surface area contributed by atoms with Crippen LogP contribution in [0.1, 0.15) is 33.1 Å². The van der Waals surface area contributed by atoms with E-state index in [-0.39, 0.29) is 0 Å². The summed E-state index contributed by atoms with van der Waals surface area (Å²) in [6.07, 6.45) is 7.36. The van der Waals surface area contributed by atoms with Crippen LogP contribution in [0.4, 0.5) is 0 Å². The summed E-state index contributed by atoms with van der Waals surface area (Å²) in [4.78, 5) is 0. The van der Waals surface area contributed by atoms with Gasteiger partial charge < -0.3 is 9.47 Å². The van der Waals surface area contributed by atoms with E-state index < -0.39 is 0 Å². The molecule has 2 heteroatoms. The second-order valence-electron chi connectivity index (χ2n) is 3.82. The van der Waals surface area contributed by atoms with Gasteiger partial charge in [-0.25, -0.2) is 0 Å². The average Bonchev–Trinajstić information content (AvgIpc) is 2.09. The molecule has 0 aromatic rings. The number of allylic oxidation sites excluding steroid dienone is 1. The highest BCUT2D eigenvalue weighted by Crippen LogP contribution is 2.31. The van der Waals surface area contributed by atoms with Crippen molar-refractivity contribution in [3.63, 3.8) is 0 Å². The summed E-state index contributed by atoms with van der Waals surface area (Å²) >= 11 is 0. The predicted octanol–water partition coefficient (Wildman–Crippen LogP) is 2.74. The maximum Gasteiger partial charge on any atom is 0.0973 e. The Balaban J connectivity index is 2.10. The summed E-state index contributed by atoms with van der Waals surface area (Å²) in [5.41, 5.74) is 0.316. The Morgan fingerprint density at radius 2 is 2.15 bits per heavy atom. The van der Waals surface area contributed by atoms with Crippen molar-refractivity contribution in [1.82, 2.24) is 0 Å². The Hall–Kier alpha value is -0.500. The molecular weight excluding hydrogens is 164 g/mol. The second kappa shape index (κ2) is 5.28. The Morgan fingerprint density at radius 1 is 1.38 bits per heavy atom. The van der Waals surface area contributed by atoms with Gasteiger partial charge in [-0.1, -0.05) is 20.3 Å². The number of hydrogen-bond donors (Lipinski definition) is 0. The van der Waals surface area contributed by atoms with E-state index in [1.165, 1.54) is 6.42 Å². The molecular formula is C11H20O2. The van der Waals surface area contributed by atoms with Crippen molar-refractivity contribution in [3.8, 4) is 0 Å². The van der Waals surface area contributed by atoms with Crippen LogP contribution in [0.25, 0.3) is 0 Å². The molecule has 0 unspecified atom stereocenters. The first kappa shape index (κ1) is 10.6. The minimum atomic E-state index is 0.316. The summed E-state index contributed by atoms with van der Waals surface area (Å²) < 4.78 is 10.7. The third-order valence-electron chi connectivity index (χ3n) is 2.60. The minimum absolute atomic E-state index is 0.316. The van der Waals surface area contributed by atoms with Gasteiger partial charge in [0.05, 0.1) is 31.5 Å². The van der Waals surface area contributed by atoms with E-state index in [1.807, 2.05) is 6.26 Å². The van der Waals surface area contributed by atoms with Crippen LogP contribution in [0.2, 0.25) is 0 Å². The van der Waals surface area contributed by atoms with Crippen molar-refractivity contribution < 1.29 is 9.47 Å². The number of rotatable bonds is 6. The van der Waals surface area contributed by atoms with Crippen LogP contribution < -0.4 is 0 Å². The molecule has 0 saturated carbocycles. The van der Waals surface area contributed by atoms with Gasteiger partial charge in [0.15, 0.2) is 0 Å². The van der Waals surface area contributed by atoms with Crippen molar-refractivity contribution >= 4 is 0 Å². The van der Waals surface area contributed by atoms with Gasteiger partial charge in [0.25, 0.3) is 0 Å². The van der Waals surface area contributed by atoms with Crippen LogP contribution in [-0.4, -0.2) is 19.8 Å². The fourth-order valence-corrected chi connectivity index (χ4v) is 1.31. The molecule has 0 aliphatic carbocycles. The highest BCUT2D eigenvalue weighted by Gasteiger charge is 2.37. The maximum atomic E-state index is 5.47. The van der Waals surface area contributed by atoms with Crippen molar-refractivity contribution in [2.45, 2.75) is 33.1 Å². The molecule has 1 aliphatic rings.